The van der Waals surface area contributed by atoms with Crippen LogP contribution in [0.15, 0.2) is 52.1 Å². The van der Waals surface area contributed by atoms with Crippen molar-refractivity contribution in [1.82, 2.24) is 15.5 Å². The van der Waals surface area contributed by atoms with Crippen molar-refractivity contribution in [1.29, 1.82) is 0 Å². The van der Waals surface area contributed by atoms with E-state index < -0.39 is 0 Å². The average Bonchev–Trinajstić information content (AvgIpc) is 3.15. The largest absolute Gasteiger partial charge is 0.494 e. The Kier molecular flexibility index (Phi) is 11.6. The molecule has 27 heavy (non-hydrogen) atoms. The van der Waals surface area contributed by atoms with Crippen molar-refractivity contribution in [3.8, 4) is 5.75 Å². The molecule has 0 aliphatic carbocycles. The highest BCUT2D eigenvalue weighted by molar-refractivity contribution is 14.0. The number of hydrogen-bond acceptors (Lipinski definition) is 4. The summed E-state index contributed by atoms with van der Waals surface area (Å²) in [5.41, 5.74) is 1.14. The normalized spacial score (nSPS) is 11.2. The molecule has 2 N–H and O–H groups in total. The van der Waals surface area contributed by atoms with E-state index in [0.717, 1.165) is 49.1 Å². The van der Waals surface area contributed by atoms with Crippen LogP contribution < -0.4 is 15.4 Å². The van der Waals surface area contributed by atoms with Gasteiger partial charge in [-0.15, -0.1) is 24.0 Å². The molecule has 2 aromatic rings. The van der Waals surface area contributed by atoms with Crippen molar-refractivity contribution in [2.75, 3.05) is 33.8 Å². The van der Waals surface area contributed by atoms with Gasteiger partial charge in [0.15, 0.2) is 5.96 Å². The third kappa shape index (κ3) is 9.67. The molecular weight excluding hydrogens is 455 g/mol. The Hall–Kier alpha value is -1.74. The van der Waals surface area contributed by atoms with Crippen LogP contribution in [0.5, 0.6) is 5.75 Å². The Morgan fingerprint density at radius 1 is 1.15 bits per heavy atom. The molecule has 2 rings (SSSR count). The molecule has 0 aliphatic heterocycles. The summed E-state index contributed by atoms with van der Waals surface area (Å²) in [5.74, 6) is 2.55. The van der Waals surface area contributed by atoms with Gasteiger partial charge in [-0.3, -0.25) is 0 Å². The summed E-state index contributed by atoms with van der Waals surface area (Å²) >= 11 is 0. The zero-order valence-corrected chi connectivity index (χ0v) is 18.7. The molecule has 0 atom stereocenters. The Balaban J connectivity index is 0.00000364. The number of rotatable bonds is 10. The SMILES string of the molecule is CCNC(=NCc1ccc(OCCCN(C)C)cc1)NCc1ccco1.I. The van der Waals surface area contributed by atoms with Crippen molar-refractivity contribution in [3.63, 3.8) is 0 Å². The van der Waals surface area contributed by atoms with Gasteiger partial charge in [0, 0.05) is 13.1 Å². The summed E-state index contributed by atoms with van der Waals surface area (Å²) in [5, 5.41) is 6.50. The molecule has 150 valence electrons. The number of ether oxygens (including phenoxy) is 1. The molecule has 0 saturated heterocycles. The molecule has 0 bridgehead atoms. The first-order valence-corrected chi connectivity index (χ1v) is 9.08. The Morgan fingerprint density at radius 3 is 2.56 bits per heavy atom. The van der Waals surface area contributed by atoms with Gasteiger partial charge in [-0.25, -0.2) is 4.99 Å². The monoisotopic (exact) mass is 486 g/mol. The quantitative estimate of drug-likeness (QED) is 0.233. The molecule has 7 heteroatoms. The van der Waals surface area contributed by atoms with Crippen LogP contribution in [0.4, 0.5) is 0 Å². The van der Waals surface area contributed by atoms with E-state index >= 15 is 0 Å². The maximum Gasteiger partial charge on any atom is 0.191 e. The summed E-state index contributed by atoms with van der Waals surface area (Å²) in [4.78, 5) is 6.77. The fourth-order valence-corrected chi connectivity index (χ4v) is 2.36. The maximum atomic E-state index is 5.76. The second kappa shape index (κ2) is 13.4. The van der Waals surface area contributed by atoms with Crippen LogP contribution in [0.2, 0.25) is 0 Å². The van der Waals surface area contributed by atoms with Crippen LogP contribution in [-0.2, 0) is 13.1 Å². The van der Waals surface area contributed by atoms with Crippen LogP contribution in [0.25, 0.3) is 0 Å². The zero-order chi connectivity index (χ0) is 18.6. The maximum absolute atomic E-state index is 5.76. The van der Waals surface area contributed by atoms with Gasteiger partial charge in [0.1, 0.15) is 11.5 Å². The fourth-order valence-electron chi connectivity index (χ4n) is 2.36. The average molecular weight is 486 g/mol. The Labute approximate surface area is 179 Å². The van der Waals surface area contributed by atoms with Gasteiger partial charge in [-0.05, 0) is 57.3 Å². The topological polar surface area (TPSA) is 62.0 Å². The lowest BCUT2D eigenvalue weighted by Gasteiger charge is -2.11. The lowest BCUT2D eigenvalue weighted by molar-refractivity contribution is 0.281. The van der Waals surface area contributed by atoms with E-state index in [4.69, 9.17) is 9.15 Å². The molecule has 0 fully saturated rings. The van der Waals surface area contributed by atoms with E-state index in [1.165, 1.54) is 0 Å². The van der Waals surface area contributed by atoms with Crippen molar-refractivity contribution >= 4 is 29.9 Å². The third-order valence-corrected chi connectivity index (χ3v) is 3.72. The van der Waals surface area contributed by atoms with Gasteiger partial charge < -0.3 is 24.7 Å². The van der Waals surface area contributed by atoms with Gasteiger partial charge in [0.05, 0.1) is 26.0 Å². The van der Waals surface area contributed by atoms with E-state index in [0.29, 0.717) is 13.1 Å². The minimum absolute atomic E-state index is 0. The molecule has 1 aromatic heterocycles. The lowest BCUT2D eigenvalue weighted by Crippen LogP contribution is -2.36. The number of guanidine groups is 1. The zero-order valence-electron chi connectivity index (χ0n) is 16.4. The van der Waals surface area contributed by atoms with Gasteiger partial charge >= 0.3 is 0 Å². The number of nitrogens with zero attached hydrogens (tertiary/aromatic N) is 2. The predicted molar refractivity (Wildman–Crippen MR) is 121 cm³/mol. The van der Waals surface area contributed by atoms with Crippen LogP contribution in [-0.4, -0.2) is 44.7 Å². The van der Waals surface area contributed by atoms with Crippen LogP contribution in [0.1, 0.15) is 24.7 Å². The minimum atomic E-state index is 0. The number of halogens is 1. The summed E-state index contributed by atoms with van der Waals surface area (Å²) in [6, 6.07) is 11.9. The first kappa shape index (κ1) is 23.3. The molecule has 0 unspecified atom stereocenters. The Morgan fingerprint density at radius 2 is 1.93 bits per heavy atom. The molecule has 6 nitrogen and oxygen atoms in total. The molecule has 0 radical (unpaired) electrons. The lowest BCUT2D eigenvalue weighted by atomic mass is 10.2. The number of hydrogen-bond donors (Lipinski definition) is 2. The summed E-state index contributed by atoms with van der Waals surface area (Å²) in [6.07, 6.45) is 2.69. The molecule has 0 saturated carbocycles. The third-order valence-electron chi connectivity index (χ3n) is 3.72. The van der Waals surface area contributed by atoms with Gasteiger partial charge in [-0.1, -0.05) is 12.1 Å². The summed E-state index contributed by atoms with van der Waals surface area (Å²) < 4.78 is 11.1. The molecule has 1 heterocycles. The number of aliphatic imine (C=N–C) groups is 1. The second-order valence-corrected chi connectivity index (χ2v) is 6.28. The van der Waals surface area contributed by atoms with E-state index in [1.54, 1.807) is 6.26 Å². The highest BCUT2D eigenvalue weighted by atomic mass is 127. The molecule has 0 amide bonds. The highest BCUT2D eigenvalue weighted by Gasteiger charge is 2.01. The molecule has 0 aliphatic rings. The van der Waals surface area contributed by atoms with Crippen LogP contribution >= 0.6 is 24.0 Å². The minimum Gasteiger partial charge on any atom is -0.494 e. The van der Waals surface area contributed by atoms with E-state index in [-0.39, 0.29) is 24.0 Å². The van der Waals surface area contributed by atoms with E-state index in [2.05, 4.69) is 46.8 Å². The van der Waals surface area contributed by atoms with Crippen molar-refractivity contribution in [3.05, 3.63) is 54.0 Å². The van der Waals surface area contributed by atoms with E-state index in [1.807, 2.05) is 31.2 Å². The highest BCUT2D eigenvalue weighted by Crippen LogP contribution is 2.13. The number of nitrogens with one attached hydrogen (secondary N) is 2. The van der Waals surface area contributed by atoms with Crippen LogP contribution in [0.3, 0.4) is 0 Å². The molecular formula is C20H31IN4O2. The molecule has 1 aromatic carbocycles. The van der Waals surface area contributed by atoms with Crippen molar-refractivity contribution in [2.24, 2.45) is 4.99 Å². The van der Waals surface area contributed by atoms with Crippen molar-refractivity contribution < 1.29 is 9.15 Å². The molecule has 0 spiro atoms. The first-order chi connectivity index (χ1) is 12.7. The standard InChI is InChI=1S/C20H30N4O2.HI/c1-4-21-20(23-16-19-7-5-13-26-19)22-15-17-8-10-18(11-9-17)25-14-6-12-24(2)3;/h5,7-11,13H,4,6,12,14-16H2,1-3H3,(H2,21,22,23);1H. The smallest absolute Gasteiger partial charge is 0.191 e. The predicted octanol–water partition coefficient (Wildman–Crippen LogP) is 3.48. The van der Waals surface area contributed by atoms with Gasteiger partial charge in [0.2, 0.25) is 0 Å². The van der Waals surface area contributed by atoms with Crippen molar-refractivity contribution in [2.45, 2.75) is 26.4 Å². The number of benzene rings is 1. The number of furan rings is 1. The Bertz CT molecular complexity index is 643. The van der Waals surface area contributed by atoms with Gasteiger partial charge in [-0.2, -0.15) is 0 Å². The summed E-state index contributed by atoms with van der Waals surface area (Å²) in [6.45, 7) is 5.84. The second-order valence-electron chi connectivity index (χ2n) is 6.28. The summed E-state index contributed by atoms with van der Waals surface area (Å²) in [7, 11) is 4.14. The van der Waals surface area contributed by atoms with Gasteiger partial charge in [0.25, 0.3) is 0 Å². The fraction of sp³-hybridized carbons (Fsp3) is 0.450. The first-order valence-electron chi connectivity index (χ1n) is 9.08. The van der Waals surface area contributed by atoms with E-state index in [9.17, 15) is 0 Å². The van der Waals surface area contributed by atoms with Crippen LogP contribution in [0, 0.1) is 0 Å².